The molecule has 0 spiro atoms. The largest absolute Gasteiger partial charge is 0.378 e. The van der Waals surface area contributed by atoms with Crippen LogP contribution in [-0.4, -0.2) is 17.7 Å². The van der Waals surface area contributed by atoms with Crippen LogP contribution in [0.25, 0.3) is 0 Å². The Morgan fingerprint density at radius 3 is 3.14 bits per heavy atom. The second kappa shape index (κ2) is 4.87. The molecular weight excluding hydrogens is 196 g/mol. The summed E-state index contributed by atoms with van der Waals surface area (Å²) in [6, 6.07) is 0. The molecule has 2 rings (SSSR count). The third-order valence-corrected chi connectivity index (χ3v) is 3.52. The molecule has 78 valence electrons. The van der Waals surface area contributed by atoms with Crippen LogP contribution >= 0.6 is 11.3 Å². The van der Waals surface area contributed by atoms with Gasteiger partial charge in [0.05, 0.1) is 11.1 Å². The van der Waals surface area contributed by atoms with Crippen LogP contribution in [0.5, 0.6) is 0 Å². The highest BCUT2D eigenvalue weighted by atomic mass is 32.1. The lowest BCUT2D eigenvalue weighted by molar-refractivity contribution is 0.0168. The van der Waals surface area contributed by atoms with Gasteiger partial charge in [0.15, 0.2) is 0 Å². The number of hydrogen-bond acceptors (Lipinski definition) is 4. The normalized spacial score (nSPS) is 22.5. The van der Waals surface area contributed by atoms with E-state index < -0.39 is 0 Å². The van der Waals surface area contributed by atoms with Gasteiger partial charge >= 0.3 is 0 Å². The van der Waals surface area contributed by atoms with Gasteiger partial charge in [-0.2, -0.15) is 0 Å². The first-order valence-electron chi connectivity index (χ1n) is 5.13. The molecule has 1 fully saturated rings. The van der Waals surface area contributed by atoms with Gasteiger partial charge < -0.3 is 10.5 Å². The Morgan fingerprint density at radius 1 is 1.57 bits per heavy atom. The summed E-state index contributed by atoms with van der Waals surface area (Å²) >= 11 is 1.71. The van der Waals surface area contributed by atoms with Gasteiger partial charge in [0, 0.05) is 30.6 Å². The number of nitrogens with zero attached hydrogens (tertiary/aromatic N) is 1. The zero-order chi connectivity index (χ0) is 9.80. The molecule has 0 bridgehead atoms. The molecule has 14 heavy (non-hydrogen) atoms. The molecule has 3 nitrogen and oxygen atoms in total. The average Bonchev–Trinajstić information content (AvgIpc) is 2.67. The van der Waals surface area contributed by atoms with Crippen LogP contribution < -0.4 is 5.73 Å². The molecule has 1 aliphatic rings. The number of aromatic nitrogens is 1. The molecule has 2 heterocycles. The fourth-order valence-corrected chi connectivity index (χ4v) is 2.57. The summed E-state index contributed by atoms with van der Waals surface area (Å²) in [5.41, 5.74) is 5.54. The molecule has 0 aliphatic carbocycles. The molecule has 0 aromatic carbocycles. The Balaban J connectivity index is 1.89. The van der Waals surface area contributed by atoms with Crippen molar-refractivity contribution in [3.05, 3.63) is 16.1 Å². The highest BCUT2D eigenvalue weighted by molar-refractivity contribution is 7.11. The molecule has 0 amide bonds. The lowest BCUT2D eigenvalue weighted by Crippen LogP contribution is -2.21. The van der Waals surface area contributed by atoms with Crippen LogP contribution in [0.3, 0.4) is 0 Å². The van der Waals surface area contributed by atoms with E-state index in [0.29, 0.717) is 12.6 Å². The van der Waals surface area contributed by atoms with E-state index in [0.717, 1.165) is 22.9 Å². The van der Waals surface area contributed by atoms with Gasteiger partial charge in [-0.05, 0) is 19.3 Å². The van der Waals surface area contributed by atoms with E-state index in [-0.39, 0.29) is 0 Å². The van der Waals surface area contributed by atoms with Crippen LogP contribution in [0.1, 0.15) is 29.1 Å². The molecule has 0 radical (unpaired) electrons. The molecule has 1 saturated heterocycles. The molecular formula is C10H16N2OS. The number of nitrogens with two attached hydrogens (primary N) is 1. The molecule has 4 heteroatoms. The van der Waals surface area contributed by atoms with E-state index in [4.69, 9.17) is 10.5 Å². The summed E-state index contributed by atoms with van der Waals surface area (Å²) in [6.45, 7) is 1.52. The molecule has 1 aromatic heterocycles. The SMILES string of the molecule is NCc1cnc(CC2CCCCO2)s1. The first-order valence-corrected chi connectivity index (χ1v) is 5.95. The highest BCUT2D eigenvalue weighted by Gasteiger charge is 2.15. The summed E-state index contributed by atoms with van der Waals surface area (Å²) < 4.78 is 5.66. The van der Waals surface area contributed by atoms with Crippen molar-refractivity contribution < 1.29 is 4.74 Å². The van der Waals surface area contributed by atoms with Gasteiger partial charge in [0.1, 0.15) is 0 Å². The van der Waals surface area contributed by atoms with Crippen LogP contribution in [-0.2, 0) is 17.7 Å². The highest BCUT2D eigenvalue weighted by Crippen LogP contribution is 2.20. The van der Waals surface area contributed by atoms with Crippen LogP contribution in [0.15, 0.2) is 6.20 Å². The van der Waals surface area contributed by atoms with Crippen molar-refractivity contribution in [2.45, 2.75) is 38.3 Å². The minimum Gasteiger partial charge on any atom is -0.378 e. The van der Waals surface area contributed by atoms with Crippen LogP contribution in [0.4, 0.5) is 0 Å². The minimum absolute atomic E-state index is 0.389. The van der Waals surface area contributed by atoms with Gasteiger partial charge in [0.25, 0.3) is 0 Å². The second-order valence-electron chi connectivity index (χ2n) is 3.62. The zero-order valence-electron chi connectivity index (χ0n) is 8.24. The van der Waals surface area contributed by atoms with Crippen molar-refractivity contribution in [3.63, 3.8) is 0 Å². The predicted octanol–water partition coefficient (Wildman–Crippen LogP) is 1.71. The van der Waals surface area contributed by atoms with E-state index in [9.17, 15) is 0 Å². The first-order chi connectivity index (χ1) is 6.88. The van der Waals surface area contributed by atoms with Gasteiger partial charge in [-0.1, -0.05) is 0 Å². The van der Waals surface area contributed by atoms with Crippen molar-refractivity contribution in [1.29, 1.82) is 0 Å². The van der Waals surface area contributed by atoms with Crippen molar-refractivity contribution in [2.75, 3.05) is 6.61 Å². The zero-order valence-corrected chi connectivity index (χ0v) is 9.05. The number of hydrogen-bond donors (Lipinski definition) is 1. The second-order valence-corrected chi connectivity index (χ2v) is 4.82. The summed E-state index contributed by atoms with van der Waals surface area (Å²) in [7, 11) is 0. The van der Waals surface area contributed by atoms with Crippen molar-refractivity contribution in [2.24, 2.45) is 5.73 Å². The minimum atomic E-state index is 0.389. The lowest BCUT2D eigenvalue weighted by Gasteiger charge is -2.21. The maximum absolute atomic E-state index is 5.66. The van der Waals surface area contributed by atoms with Gasteiger partial charge in [0.2, 0.25) is 0 Å². The average molecular weight is 212 g/mol. The van der Waals surface area contributed by atoms with E-state index in [2.05, 4.69) is 4.98 Å². The quantitative estimate of drug-likeness (QED) is 0.829. The molecule has 1 unspecified atom stereocenters. The first kappa shape index (κ1) is 10.1. The van der Waals surface area contributed by atoms with Gasteiger partial charge in [-0.15, -0.1) is 11.3 Å². The Hall–Kier alpha value is -0.450. The van der Waals surface area contributed by atoms with E-state index >= 15 is 0 Å². The summed E-state index contributed by atoms with van der Waals surface area (Å²) in [5, 5.41) is 1.16. The number of ether oxygens (including phenoxy) is 1. The lowest BCUT2D eigenvalue weighted by atomic mass is 10.1. The summed E-state index contributed by atoms with van der Waals surface area (Å²) in [6.07, 6.45) is 6.91. The van der Waals surface area contributed by atoms with Crippen molar-refractivity contribution in [1.82, 2.24) is 4.98 Å². The topological polar surface area (TPSA) is 48.1 Å². The Labute approximate surface area is 88.3 Å². The van der Waals surface area contributed by atoms with Crippen LogP contribution in [0, 0.1) is 0 Å². The molecule has 1 aromatic rings. The van der Waals surface area contributed by atoms with Gasteiger partial charge in [-0.3, -0.25) is 0 Å². The van der Waals surface area contributed by atoms with Crippen LogP contribution in [0.2, 0.25) is 0 Å². The number of thiazole rings is 1. The van der Waals surface area contributed by atoms with Crippen molar-refractivity contribution >= 4 is 11.3 Å². The molecule has 2 N–H and O–H groups in total. The van der Waals surface area contributed by atoms with E-state index in [1.165, 1.54) is 19.3 Å². The monoisotopic (exact) mass is 212 g/mol. The Kier molecular flexibility index (Phi) is 3.50. The maximum atomic E-state index is 5.66. The molecule has 1 aliphatic heterocycles. The smallest absolute Gasteiger partial charge is 0.0954 e. The molecule has 0 saturated carbocycles. The Morgan fingerprint density at radius 2 is 2.50 bits per heavy atom. The van der Waals surface area contributed by atoms with E-state index in [1.54, 1.807) is 11.3 Å². The van der Waals surface area contributed by atoms with Gasteiger partial charge in [-0.25, -0.2) is 4.98 Å². The fourth-order valence-electron chi connectivity index (χ4n) is 1.70. The fraction of sp³-hybridized carbons (Fsp3) is 0.700. The molecule has 1 atom stereocenters. The predicted molar refractivity (Wildman–Crippen MR) is 57.3 cm³/mol. The summed E-state index contributed by atoms with van der Waals surface area (Å²) in [4.78, 5) is 5.50. The number of rotatable bonds is 3. The maximum Gasteiger partial charge on any atom is 0.0954 e. The van der Waals surface area contributed by atoms with E-state index in [1.807, 2.05) is 6.20 Å². The van der Waals surface area contributed by atoms with Crippen molar-refractivity contribution in [3.8, 4) is 0 Å². The Bertz CT molecular complexity index is 281. The third kappa shape index (κ3) is 2.53. The third-order valence-electron chi connectivity index (χ3n) is 2.48. The standard InChI is InChI=1S/C10H16N2OS/c11-6-9-7-12-10(14-9)5-8-3-1-2-4-13-8/h7-8H,1-6,11H2. The summed E-state index contributed by atoms with van der Waals surface area (Å²) in [5.74, 6) is 0.